The Bertz CT molecular complexity index is 643. The van der Waals surface area contributed by atoms with Gasteiger partial charge in [-0.15, -0.1) is 0 Å². The van der Waals surface area contributed by atoms with E-state index in [1.807, 2.05) is 6.92 Å². The molecule has 0 aliphatic heterocycles. The molecule has 0 aliphatic carbocycles. The molecule has 98 valence electrons. The number of hydrogen-bond acceptors (Lipinski definition) is 3. The van der Waals surface area contributed by atoms with Gasteiger partial charge in [0, 0.05) is 11.8 Å². The van der Waals surface area contributed by atoms with Crippen LogP contribution in [0.1, 0.15) is 17.3 Å². The van der Waals surface area contributed by atoms with Crippen LogP contribution in [-0.4, -0.2) is 22.7 Å². The van der Waals surface area contributed by atoms with E-state index < -0.39 is 11.5 Å². The fourth-order valence-corrected chi connectivity index (χ4v) is 1.72. The molecule has 1 heterocycles. The van der Waals surface area contributed by atoms with Crippen LogP contribution < -0.4 is 10.3 Å². The Kier molecular flexibility index (Phi) is 3.66. The second kappa shape index (κ2) is 5.39. The highest BCUT2D eigenvalue weighted by atomic mass is 16.5. The third kappa shape index (κ3) is 3.01. The summed E-state index contributed by atoms with van der Waals surface area (Å²) >= 11 is 0. The molecule has 0 amide bonds. The van der Waals surface area contributed by atoms with Gasteiger partial charge in [-0.25, -0.2) is 4.79 Å². The number of ether oxygens (including phenoxy) is 1. The SMILES string of the molecule is CCOc1ccc(-c2cc(C(=O)O)cc(=O)[nH]2)cc1. The quantitative estimate of drug-likeness (QED) is 0.881. The molecule has 1 aromatic carbocycles. The Labute approximate surface area is 109 Å². The molecule has 2 N–H and O–H groups in total. The van der Waals surface area contributed by atoms with Crippen molar-refractivity contribution in [3.63, 3.8) is 0 Å². The van der Waals surface area contributed by atoms with Crippen LogP contribution in [0.25, 0.3) is 11.3 Å². The molecular formula is C14H13NO4. The Hall–Kier alpha value is -2.56. The Balaban J connectivity index is 2.41. The molecule has 0 unspecified atom stereocenters. The van der Waals surface area contributed by atoms with Gasteiger partial charge in [0.25, 0.3) is 0 Å². The van der Waals surface area contributed by atoms with E-state index in [1.165, 1.54) is 6.07 Å². The van der Waals surface area contributed by atoms with Crippen LogP contribution in [0.5, 0.6) is 5.75 Å². The fraction of sp³-hybridized carbons (Fsp3) is 0.143. The molecule has 0 fully saturated rings. The number of aromatic nitrogens is 1. The zero-order chi connectivity index (χ0) is 13.8. The van der Waals surface area contributed by atoms with Crippen molar-refractivity contribution >= 4 is 5.97 Å². The van der Waals surface area contributed by atoms with Crippen molar-refractivity contribution in [3.05, 3.63) is 52.3 Å². The van der Waals surface area contributed by atoms with Crippen molar-refractivity contribution in [1.82, 2.24) is 4.98 Å². The Morgan fingerprint density at radius 1 is 1.26 bits per heavy atom. The average molecular weight is 259 g/mol. The molecule has 2 rings (SSSR count). The number of benzene rings is 1. The van der Waals surface area contributed by atoms with Crippen LogP contribution in [0.3, 0.4) is 0 Å². The van der Waals surface area contributed by atoms with Gasteiger partial charge >= 0.3 is 5.97 Å². The molecule has 2 aromatic rings. The number of H-pyrrole nitrogens is 1. The Morgan fingerprint density at radius 3 is 2.53 bits per heavy atom. The molecule has 19 heavy (non-hydrogen) atoms. The summed E-state index contributed by atoms with van der Waals surface area (Å²) in [5, 5.41) is 8.92. The molecule has 0 saturated heterocycles. The average Bonchev–Trinajstić information content (AvgIpc) is 2.39. The summed E-state index contributed by atoms with van der Waals surface area (Å²) in [5.74, 6) is -0.402. The third-order valence-electron chi connectivity index (χ3n) is 2.57. The van der Waals surface area contributed by atoms with Gasteiger partial charge in [-0.1, -0.05) is 0 Å². The summed E-state index contributed by atoms with van der Waals surface area (Å²) in [6.45, 7) is 2.46. The molecule has 1 aromatic heterocycles. The molecular weight excluding hydrogens is 246 g/mol. The lowest BCUT2D eigenvalue weighted by Gasteiger charge is -2.05. The van der Waals surface area contributed by atoms with Gasteiger partial charge in [0.15, 0.2) is 0 Å². The van der Waals surface area contributed by atoms with E-state index in [0.29, 0.717) is 12.3 Å². The maximum Gasteiger partial charge on any atom is 0.335 e. The minimum atomic E-state index is -1.13. The molecule has 0 atom stereocenters. The van der Waals surface area contributed by atoms with E-state index in [-0.39, 0.29) is 5.56 Å². The van der Waals surface area contributed by atoms with Crippen molar-refractivity contribution in [1.29, 1.82) is 0 Å². The monoisotopic (exact) mass is 259 g/mol. The minimum Gasteiger partial charge on any atom is -0.494 e. The van der Waals surface area contributed by atoms with Crippen LogP contribution >= 0.6 is 0 Å². The lowest BCUT2D eigenvalue weighted by molar-refractivity contribution is 0.0696. The third-order valence-corrected chi connectivity index (χ3v) is 2.57. The molecule has 5 heteroatoms. The summed E-state index contributed by atoms with van der Waals surface area (Å²) in [4.78, 5) is 24.9. The van der Waals surface area contributed by atoms with E-state index in [2.05, 4.69) is 4.98 Å². The molecule has 0 bridgehead atoms. The smallest absolute Gasteiger partial charge is 0.335 e. The zero-order valence-corrected chi connectivity index (χ0v) is 10.3. The number of carbonyl (C=O) groups is 1. The second-order valence-corrected chi connectivity index (χ2v) is 3.91. The van der Waals surface area contributed by atoms with E-state index in [1.54, 1.807) is 24.3 Å². The molecule has 0 radical (unpaired) electrons. The summed E-state index contributed by atoms with van der Waals surface area (Å²) < 4.78 is 5.32. The van der Waals surface area contributed by atoms with Gasteiger partial charge in [-0.2, -0.15) is 0 Å². The predicted molar refractivity (Wildman–Crippen MR) is 70.6 cm³/mol. The lowest BCUT2D eigenvalue weighted by atomic mass is 10.1. The minimum absolute atomic E-state index is 0.0346. The fourth-order valence-electron chi connectivity index (χ4n) is 1.72. The number of rotatable bonds is 4. The standard InChI is InChI=1S/C14H13NO4/c1-2-19-11-5-3-9(4-6-11)12-7-10(14(17)18)8-13(16)15-12/h3-8H,2H2,1H3,(H,15,16)(H,17,18). The van der Waals surface area contributed by atoms with Gasteiger partial charge in [0.2, 0.25) is 5.56 Å². The molecule has 5 nitrogen and oxygen atoms in total. The molecule has 0 saturated carbocycles. The summed E-state index contributed by atoms with van der Waals surface area (Å²) in [5.41, 5.74) is 0.716. The molecule has 0 spiro atoms. The predicted octanol–water partition coefficient (Wildman–Crippen LogP) is 2.14. The number of carboxylic acids is 1. The number of pyridine rings is 1. The number of carboxylic acid groups (broad SMARTS) is 1. The highest BCUT2D eigenvalue weighted by Gasteiger charge is 2.07. The maximum absolute atomic E-state index is 11.4. The van der Waals surface area contributed by atoms with Crippen molar-refractivity contribution < 1.29 is 14.6 Å². The van der Waals surface area contributed by atoms with E-state index in [4.69, 9.17) is 9.84 Å². The van der Waals surface area contributed by atoms with Crippen molar-refractivity contribution in [2.45, 2.75) is 6.92 Å². The van der Waals surface area contributed by atoms with Crippen molar-refractivity contribution in [3.8, 4) is 17.0 Å². The zero-order valence-electron chi connectivity index (χ0n) is 10.3. The first-order chi connectivity index (χ1) is 9.10. The normalized spacial score (nSPS) is 10.2. The summed E-state index contributed by atoms with van der Waals surface area (Å²) in [6, 6.07) is 9.55. The van der Waals surface area contributed by atoms with Crippen LogP contribution in [-0.2, 0) is 0 Å². The number of aromatic carboxylic acids is 1. The van der Waals surface area contributed by atoms with Crippen LogP contribution in [0, 0.1) is 0 Å². The first-order valence-corrected chi connectivity index (χ1v) is 5.81. The van der Waals surface area contributed by atoms with Crippen LogP contribution in [0.15, 0.2) is 41.2 Å². The number of aromatic amines is 1. The van der Waals surface area contributed by atoms with Gasteiger partial charge in [-0.3, -0.25) is 4.79 Å². The number of nitrogens with one attached hydrogen (secondary N) is 1. The highest BCUT2D eigenvalue weighted by Crippen LogP contribution is 2.20. The topological polar surface area (TPSA) is 79.4 Å². The van der Waals surface area contributed by atoms with Crippen LogP contribution in [0.4, 0.5) is 0 Å². The number of hydrogen-bond donors (Lipinski definition) is 2. The van der Waals surface area contributed by atoms with Crippen LogP contribution in [0.2, 0.25) is 0 Å². The van der Waals surface area contributed by atoms with Crippen molar-refractivity contribution in [2.75, 3.05) is 6.61 Å². The molecule has 0 aliphatic rings. The largest absolute Gasteiger partial charge is 0.494 e. The maximum atomic E-state index is 11.4. The van der Waals surface area contributed by atoms with Gasteiger partial charge < -0.3 is 14.8 Å². The van der Waals surface area contributed by atoms with Gasteiger partial charge in [0.1, 0.15) is 5.75 Å². The van der Waals surface area contributed by atoms with E-state index >= 15 is 0 Å². The van der Waals surface area contributed by atoms with E-state index in [0.717, 1.165) is 17.4 Å². The van der Waals surface area contributed by atoms with Gasteiger partial charge in [-0.05, 0) is 42.8 Å². The van der Waals surface area contributed by atoms with Crippen molar-refractivity contribution in [2.24, 2.45) is 0 Å². The Morgan fingerprint density at radius 2 is 1.95 bits per heavy atom. The summed E-state index contributed by atoms with van der Waals surface area (Å²) in [6.07, 6.45) is 0. The first kappa shape index (κ1) is 12.9. The first-order valence-electron chi connectivity index (χ1n) is 5.81. The van der Waals surface area contributed by atoms with E-state index in [9.17, 15) is 9.59 Å². The summed E-state index contributed by atoms with van der Waals surface area (Å²) in [7, 11) is 0. The second-order valence-electron chi connectivity index (χ2n) is 3.91. The highest BCUT2D eigenvalue weighted by molar-refractivity contribution is 5.88. The lowest BCUT2D eigenvalue weighted by Crippen LogP contribution is -2.10. The van der Waals surface area contributed by atoms with Gasteiger partial charge in [0.05, 0.1) is 12.2 Å².